The molecule has 0 unspecified atom stereocenters. The highest BCUT2D eigenvalue weighted by Crippen LogP contribution is 2.30. The number of ether oxygens (including phenoxy) is 2. The minimum Gasteiger partial charge on any atom is -0.504 e. The number of esters is 1. The van der Waals surface area contributed by atoms with Gasteiger partial charge in [-0.05, 0) is 45.6 Å². The predicted molar refractivity (Wildman–Crippen MR) is 105 cm³/mol. The molecule has 0 radical (unpaired) electrons. The van der Waals surface area contributed by atoms with Gasteiger partial charge in [-0.15, -0.1) is 0 Å². The molecule has 150 valence electrons. The molecule has 0 heterocycles. The molecule has 0 amide bonds. The number of phenols is 1. The molecule has 1 aliphatic rings. The van der Waals surface area contributed by atoms with Crippen LogP contribution in [0.15, 0.2) is 23.2 Å². The number of para-hydroxylation sites is 1. The van der Waals surface area contributed by atoms with E-state index in [4.69, 9.17) is 9.47 Å². The van der Waals surface area contributed by atoms with Crippen LogP contribution >= 0.6 is 0 Å². The number of benzene rings is 1. The third-order valence-corrected chi connectivity index (χ3v) is 4.74. The van der Waals surface area contributed by atoms with Crippen LogP contribution in [0.3, 0.4) is 0 Å². The van der Waals surface area contributed by atoms with Gasteiger partial charge in [0.2, 0.25) is 0 Å². The minimum atomic E-state index is -0.0787. The van der Waals surface area contributed by atoms with Gasteiger partial charge in [0, 0.05) is 18.2 Å². The number of aromatic hydroxyl groups is 1. The van der Waals surface area contributed by atoms with Gasteiger partial charge < -0.3 is 25.2 Å². The standard InChI is InChI=1S/C20H31N3O4/c1-4-21-20(22-13-15-7-6-8-17(26-3)18(15)24)23-16-11-9-14(10-12-16)19(25)27-5-2/h6-8,14,16,24H,4-5,9-13H2,1-3H3,(H2,21,22,23). The van der Waals surface area contributed by atoms with Gasteiger partial charge in [0.15, 0.2) is 17.5 Å². The number of hydrogen-bond acceptors (Lipinski definition) is 5. The highest BCUT2D eigenvalue weighted by atomic mass is 16.5. The van der Waals surface area contributed by atoms with E-state index in [9.17, 15) is 9.90 Å². The predicted octanol–water partition coefficient (Wildman–Crippen LogP) is 2.58. The van der Waals surface area contributed by atoms with Crippen LogP contribution in [-0.2, 0) is 16.1 Å². The summed E-state index contributed by atoms with van der Waals surface area (Å²) in [7, 11) is 1.53. The fourth-order valence-corrected chi connectivity index (χ4v) is 3.27. The lowest BCUT2D eigenvalue weighted by atomic mass is 9.86. The Labute approximate surface area is 161 Å². The smallest absolute Gasteiger partial charge is 0.308 e. The SMILES string of the molecule is CCNC(=NCc1cccc(OC)c1O)NC1CCC(C(=O)OCC)CC1. The van der Waals surface area contributed by atoms with Gasteiger partial charge >= 0.3 is 5.97 Å². The third kappa shape index (κ3) is 6.05. The van der Waals surface area contributed by atoms with E-state index in [1.165, 1.54) is 7.11 Å². The molecule has 2 rings (SSSR count). The van der Waals surface area contributed by atoms with E-state index < -0.39 is 0 Å². The normalized spacial score (nSPS) is 20.0. The molecule has 7 nitrogen and oxygen atoms in total. The Hall–Kier alpha value is -2.44. The van der Waals surface area contributed by atoms with Crippen molar-refractivity contribution in [3.05, 3.63) is 23.8 Å². The number of phenolic OH excluding ortho intramolecular Hbond substituents is 1. The molecule has 1 aliphatic carbocycles. The Morgan fingerprint density at radius 3 is 2.63 bits per heavy atom. The molecule has 1 aromatic carbocycles. The number of methoxy groups -OCH3 is 1. The Morgan fingerprint density at radius 2 is 2.00 bits per heavy atom. The first-order valence-electron chi connectivity index (χ1n) is 9.65. The first kappa shape index (κ1) is 20.9. The number of nitrogens with one attached hydrogen (secondary N) is 2. The van der Waals surface area contributed by atoms with Crippen molar-refractivity contribution in [3.8, 4) is 11.5 Å². The molecular weight excluding hydrogens is 346 g/mol. The van der Waals surface area contributed by atoms with Gasteiger partial charge in [-0.1, -0.05) is 12.1 Å². The van der Waals surface area contributed by atoms with E-state index in [1.807, 2.05) is 26.0 Å². The van der Waals surface area contributed by atoms with E-state index in [2.05, 4.69) is 15.6 Å². The maximum Gasteiger partial charge on any atom is 0.308 e. The summed E-state index contributed by atoms with van der Waals surface area (Å²) >= 11 is 0. The number of hydrogen-bond donors (Lipinski definition) is 3. The largest absolute Gasteiger partial charge is 0.504 e. The zero-order valence-corrected chi connectivity index (χ0v) is 16.5. The van der Waals surface area contributed by atoms with Crippen LogP contribution in [0.2, 0.25) is 0 Å². The average Bonchev–Trinajstić information content (AvgIpc) is 2.68. The van der Waals surface area contributed by atoms with Crippen molar-refractivity contribution in [2.75, 3.05) is 20.3 Å². The second kappa shape index (κ2) is 10.6. The molecule has 0 spiro atoms. The summed E-state index contributed by atoms with van der Waals surface area (Å²) in [6.45, 7) is 5.37. The van der Waals surface area contributed by atoms with Gasteiger partial charge in [0.05, 0.1) is 26.2 Å². The molecule has 1 aromatic rings. The lowest BCUT2D eigenvalue weighted by Gasteiger charge is -2.29. The van der Waals surface area contributed by atoms with Gasteiger partial charge in [0.1, 0.15) is 0 Å². The average molecular weight is 377 g/mol. The van der Waals surface area contributed by atoms with Crippen LogP contribution in [0.5, 0.6) is 11.5 Å². The Kier molecular flexibility index (Phi) is 8.23. The summed E-state index contributed by atoms with van der Waals surface area (Å²) in [6.07, 6.45) is 3.45. The van der Waals surface area contributed by atoms with E-state index in [1.54, 1.807) is 6.07 Å². The van der Waals surface area contributed by atoms with Gasteiger partial charge in [-0.25, -0.2) is 4.99 Å². The topological polar surface area (TPSA) is 92.2 Å². The molecule has 1 saturated carbocycles. The van der Waals surface area contributed by atoms with Crippen LogP contribution < -0.4 is 15.4 Å². The van der Waals surface area contributed by atoms with Crippen molar-refractivity contribution in [1.29, 1.82) is 0 Å². The number of aliphatic imine (C=N–C) groups is 1. The van der Waals surface area contributed by atoms with Gasteiger partial charge in [-0.2, -0.15) is 0 Å². The Bertz CT molecular complexity index is 640. The van der Waals surface area contributed by atoms with E-state index >= 15 is 0 Å². The van der Waals surface area contributed by atoms with Crippen molar-refractivity contribution >= 4 is 11.9 Å². The Balaban J connectivity index is 1.94. The number of nitrogens with zero attached hydrogens (tertiary/aromatic N) is 1. The summed E-state index contributed by atoms with van der Waals surface area (Å²) in [4.78, 5) is 16.4. The zero-order chi connectivity index (χ0) is 19.6. The maximum absolute atomic E-state index is 11.9. The van der Waals surface area contributed by atoms with Crippen molar-refractivity contribution in [3.63, 3.8) is 0 Å². The molecule has 3 N–H and O–H groups in total. The van der Waals surface area contributed by atoms with Crippen LogP contribution in [0.1, 0.15) is 45.1 Å². The molecule has 0 saturated heterocycles. The second-order valence-electron chi connectivity index (χ2n) is 6.61. The summed E-state index contributed by atoms with van der Waals surface area (Å²) in [6, 6.07) is 5.65. The van der Waals surface area contributed by atoms with Crippen LogP contribution in [-0.4, -0.2) is 43.3 Å². The minimum absolute atomic E-state index is 0.0104. The van der Waals surface area contributed by atoms with Crippen LogP contribution in [0.4, 0.5) is 0 Å². The van der Waals surface area contributed by atoms with Crippen LogP contribution in [0.25, 0.3) is 0 Å². The van der Waals surface area contributed by atoms with Gasteiger partial charge in [0.25, 0.3) is 0 Å². The number of rotatable bonds is 7. The molecule has 0 atom stereocenters. The second-order valence-corrected chi connectivity index (χ2v) is 6.61. The molecule has 7 heteroatoms. The monoisotopic (exact) mass is 377 g/mol. The van der Waals surface area contributed by atoms with E-state index in [-0.39, 0.29) is 23.7 Å². The summed E-state index contributed by atoms with van der Waals surface area (Å²) in [5, 5.41) is 16.9. The fourth-order valence-electron chi connectivity index (χ4n) is 3.27. The van der Waals surface area contributed by atoms with Crippen molar-refractivity contribution in [2.24, 2.45) is 10.9 Å². The molecule has 27 heavy (non-hydrogen) atoms. The number of carbonyl (C=O) groups is 1. The third-order valence-electron chi connectivity index (χ3n) is 4.74. The fraction of sp³-hybridized carbons (Fsp3) is 0.600. The first-order chi connectivity index (χ1) is 13.1. The summed E-state index contributed by atoms with van der Waals surface area (Å²) in [5.41, 5.74) is 0.706. The zero-order valence-electron chi connectivity index (χ0n) is 16.5. The van der Waals surface area contributed by atoms with Crippen molar-refractivity contribution in [2.45, 2.75) is 52.1 Å². The van der Waals surface area contributed by atoms with E-state index in [0.717, 1.165) is 32.2 Å². The van der Waals surface area contributed by atoms with Crippen molar-refractivity contribution < 1.29 is 19.4 Å². The van der Waals surface area contributed by atoms with Crippen molar-refractivity contribution in [1.82, 2.24) is 10.6 Å². The molecule has 1 fully saturated rings. The molecule has 0 aromatic heterocycles. The summed E-state index contributed by atoms with van der Waals surface area (Å²) in [5.74, 6) is 1.20. The van der Waals surface area contributed by atoms with E-state index in [0.29, 0.717) is 30.4 Å². The quantitative estimate of drug-likeness (QED) is 0.384. The lowest BCUT2D eigenvalue weighted by molar-refractivity contribution is -0.149. The maximum atomic E-state index is 11.9. The first-order valence-corrected chi connectivity index (χ1v) is 9.65. The number of guanidine groups is 1. The van der Waals surface area contributed by atoms with Crippen LogP contribution in [0, 0.1) is 5.92 Å². The molecule has 0 bridgehead atoms. The summed E-state index contributed by atoms with van der Waals surface area (Å²) < 4.78 is 10.3. The molecular formula is C20H31N3O4. The number of carbonyl (C=O) groups excluding carboxylic acids is 1. The molecule has 0 aliphatic heterocycles. The highest BCUT2D eigenvalue weighted by Gasteiger charge is 2.27. The highest BCUT2D eigenvalue weighted by molar-refractivity contribution is 5.80. The lowest BCUT2D eigenvalue weighted by Crippen LogP contribution is -2.45. The Morgan fingerprint density at radius 1 is 1.26 bits per heavy atom. The van der Waals surface area contributed by atoms with Gasteiger partial charge in [-0.3, -0.25) is 4.79 Å².